The lowest BCUT2D eigenvalue weighted by Crippen LogP contribution is -2.55. The van der Waals surface area contributed by atoms with E-state index in [4.69, 9.17) is 14.7 Å². The summed E-state index contributed by atoms with van der Waals surface area (Å²) < 4.78 is 34.6. The van der Waals surface area contributed by atoms with Crippen LogP contribution < -0.4 is 15.8 Å². The number of nitro groups is 1. The molecule has 1 aromatic rings. The summed E-state index contributed by atoms with van der Waals surface area (Å²) in [6.45, 7) is 7.13. The van der Waals surface area contributed by atoms with Crippen LogP contribution in [0.25, 0.3) is 0 Å². The fourth-order valence-corrected chi connectivity index (χ4v) is 3.61. The van der Waals surface area contributed by atoms with Gasteiger partial charge in [-0.3, -0.25) is 14.3 Å². The SMILES string of the molecule is CC(C)N[C@@H]1c2cc(N)c([N+](=O)[O-])cc2OC(C)(C)[C@H]1OS(C)(=O)=O. The third-order valence-electron chi connectivity index (χ3n) is 3.84. The lowest BCUT2D eigenvalue weighted by atomic mass is 9.85. The zero-order chi connectivity index (χ0) is 19.2. The van der Waals surface area contributed by atoms with E-state index in [1.807, 2.05) is 13.8 Å². The van der Waals surface area contributed by atoms with Crippen molar-refractivity contribution in [2.24, 2.45) is 0 Å². The van der Waals surface area contributed by atoms with E-state index in [9.17, 15) is 18.5 Å². The van der Waals surface area contributed by atoms with E-state index in [-0.39, 0.29) is 23.2 Å². The van der Waals surface area contributed by atoms with Crippen LogP contribution in [0.1, 0.15) is 39.3 Å². The standard InChI is InChI=1S/C15H23N3O6S/c1-8(2)17-13-9-6-10(16)11(18(19)20)7-12(9)23-15(3,4)14(13)24-25(5,21)22/h6-8,13-14,17H,16H2,1-5H3/t13-,14+/m1/s1. The Bertz CT molecular complexity index is 791. The van der Waals surface area contributed by atoms with Crippen molar-refractivity contribution in [3.8, 4) is 5.75 Å². The molecule has 0 saturated heterocycles. The molecule has 0 fully saturated rings. The minimum absolute atomic E-state index is 0.00572. The second-order valence-corrected chi connectivity index (χ2v) is 8.53. The summed E-state index contributed by atoms with van der Waals surface area (Å²) in [6, 6.07) is 2.12. The van der Waals surface area contributed by atoms with Gasteiger partial charge in [0.15, 0.2) is 0 Å². The number of nitrogens with zero attached hydrogens (tertiary/aromatic N) is 1. The number of ether oxygens (including phenoxy) is 1. The topological polar surface area (TPSA) is 134 Å². The average Bonchev–Trinajstić information content (AvgIpc) is 2.41. The first-order chi connectivity index (χ1) is 11.3. The van der Waals surface area contributed by atoms with Crippen molar-refractivity contribution in [2.45, 2.75) is 51.5 Å². The number of nitrogens with one attached hydrogen (secondary N) is 1. The molecule has 1 aromatic carbocycles. The maximum absolute atomic E-state index is 11.7. The zero-order valence-electron chi connectivity index (χ0n) is 14.8. The van der Waals surface area contributed by atoms with Crippen LogP contribution in [0.2, 0.25) is 0 Å². The Labute approximate surface area is 146 Å². The molecule has 0 amide bonds. The highest BCUT2D eigenvalue weighted by Gasteiger charge is 2.47. The third kappa shape index (κ3) is 4.20. The zero-order valence-corrected chi connectivity index (χ0v) is 15.6. The van der Waals surface area contributed by atoms with E-state index >= 15 is 0 Å². The average molecular weight is 373 g/mol. The number of benzene rings is 1. The molecule has 140 valence electrons. The summed E-state index contributed by atoms with van der Waals surface area (Å²) in [5.74, 6) is 0.275. The number of hydrogen-bond donors (Lipinski definition) is 2. The highest BCUT2D eigenvalue weighted by Crippen LogP contribution is 2.45. The van der Waals surface area contributed by atoms with Gasteiger partial charge in [-0.15, -0.1) is 0 Å². The number of anilines is 1. The maximum Gasteiger partial charge on any atom is 0.295 e. The quantitative estimate of drug-likeness (QED) is 0.345. The number of nitro benzene ring substituents is 1. The van der Waals surface area contributed by atoms with Crippen LogP contribution in [0.3, 0.4) is 0 Å². The molecule has 0 aliphatic carbocycles. The molecular formula is C15H23N3O6S. The number of nitrogens with two attached hydrogens (primary N) is 1. The molecule has 0 spiro atoms. The van der Waals surface area contributed by atoms with Crippen molar-refractivity contribution in [3.05, 3.63) is 27.8 Å². The van der Waals surface area contributed by atoms with Gasteiger partial charge in [0.2, 0.25) is 0 Å². The maximum atomic E-state index is 11.7. The molecule has 3 N–H and O–H groups in total. The fourth-order valence-electron chi connectivity index (χ4n) is 2.89. The summed E-state index contributed by atoms with van der Waals surface area (Å²) >= 11 is 0. The molecule has 25 heavy (non-hydrogen) atoms. The van der Waals surface area contributed by atoms with Crippen LogP contribution in [-0.4, -0.2) is 37.3 Å². The largest absolute Gasteiger partial charge is 0.484 e. The van der Waals surface area contributed by atoms with Crippen molar-refractivity contribution < 1.29 is 22.3 Å². The van der Waals surface area contributed by atoms with Gasteiger partial charge in [0, 0.05) is 11.6 Å². The van der Waals surface area contributed by atoms with E-state index in [2.05, 4.69) is 5.32 Å². The summed E-state index contributed by atoms with van der Waals surface area (Å²) in [5, 5.41) is 14.4. The first kappa shape index (κ1) is 19.4. The summed E-state index contributed by atoms with van der Waals surface area (Å²) in [5.41, 5.74) is 4.97. The van der Waals surface area contributed by atoms with Gasteiger partial charge in [-0.05, 0) is 19.9 Å². The molecule has 1 aliphatic heterocycles. The Morgan fingerprint density at radius 2 is 2.00 bits per heavy atom. The minimum atomic E-state index is -3.76. The minimum Gasteiger partial charge on any atom is -0.484 e. The molecular weight excluding hydrogens is 350 g/mol. The van der Waals surface area contributed by atoms with Crippen molar-refractivity contribution in [1.29, 1.82) is 0 Å². The van der Waals surface area contributed by atoms with Crippen LogP contribution in [0, 0.1) is 10.1 Å². The highest BCUT2D eigenvalue weighted by molar-refractivity contribution is 7.86. The van der Waals surface area contributed by atoms with Gasteiger partial charge >= 0.3 is 0 Å². The van der Waals surface area contributed by atoms with Gasteiger partial charge < -0.3 is 15.8 Å². The van der Waals surface area contributed by atoms with Crippen LogP contribution >= 0.6 is 0 Å². The first-order valence-corrected chi connectivity index (χ1v) is 9.54. The van der Waals surface area contributed by atoms with Gasteiger partial charge in [0.05, 0.1) is 23.3 Å². The number of hydrogen-bond acceptors (Lipinski definition) is 8. The Hall–Kier alpha value is -1.91. The summed E-state index contributed by atoms with van der Waals surface area (Å²) in [7, 11) is -3.76. The number of fused-ring (bicyclic) bond motifs is 1. The lowest BCUT2D eigenvalue weighted by Gasteiger charge is -2.44. The second-order valence-electron chi connectivity index (χ2n) is 6.93. The molecule has 0 unspecified atom stereocenters. The Kier molecular flexibility index (Phi) is 4.99. The lowest BCUT2D eigenvalue weighted by molar-refractivity contribution is -0.384. The van der Waals surface area contributed by atoms with E-state index in [1.165, 1.54) is 12.1 Å². The number of nitrogen functional groups attached to an aromatic ring is 1. The van der Waals surface area contributed by atoms with Crippen molar-refractivity contribution in [1.82, 2.24) is 5.32 Å². The fraction of sp³-hybridized carbons (Fsp3) is 0.600. The van der Waals surface area contributed by atoms with Gasteiger partial charge in [-0.2, -0.15) is 8.42 Å². The molecule has 0 aromatic heterocycles. The molecule has 2 atom stereocenters. The third-order valence-corrected chi connectivity index (χ3v) is 4.40. The highest BCUT2D eigenvalue weighted by atomic mass is 32.2. The molecule has 10 heteroatoms. The van der Waals surface area contributed by atoms with Crippen LogP contribution in [0.15, 0.2) is 12.1 Å². The summed E-state index contributed by atoms with van der Waals surface area (Å²) in [4.78, 5) is 10.5. The van der Waals surface area contributed by atoms with Crippen LogP contribution in [0.4, 0.5) is 11.4 Å². The van der Waals surface area contributed by atoms with Crippen LogP contribution in [-0.2, 0) is 14.3 Å². The summed E-state index contributed by atoms with van der Waals surface area (Å²) in [6.07, 6.45) is 0.0909. The monoisotopic (exact) mass is 373 g/mol. The van der Waals surface area contributed by atoms with E-state index in [0.717, 1.165) is 6.26 Å². The van der Waals surface area contributed by atoms with E-state index in [0.29, 0.717) is 5.56 Å². The van der Waals surface area contributed by atoms with Crippen molar-refractivity contribution in [3.63, 3.8) is 0 Å². The Morgan fingerprint density at radius 3 is 2.48 bits per heavy atom. The molecule has 2 rings (SSSR count). The predicted molar refractivity (Wildman–Crippen MR) is 92.9 cm³/mol. The smallest absolute Gasteiger partial charge is 0.295 e. The van der Waals surface area contributed by atoms with Crippen molar-refractivity contribution in [2.75, 3.05) is 12.0 Å². The Balaban J connectivity index is 2.63. The van der Waals surface area contributed by atoms with Gasteiger partial charge in [0.25, 0.3) is 15.8 Å². The van der Waals surface area contributed by atoms with Crippen molar-refractivity contribution >= 4 is 21.5 Å². The molecule has 1 heterocycles. The molecule has 1 aliphatic rings. The van der Waals surface area contributed by atoms with E-state index < -0.39 is 32.8 Å². The molecule has 0 saturated carbocycles. The number of rotatable bonds is 5. The van der Waals surface area contributed by atoms with E-state index in [1.54, 1.807) is 13.8 Å². The van der Waals surface area contributed by atoms with Gasteiger partial charge in [-0.25, -0.2) is 0 Å². The molecule has 0 bridgehead atoms. The van der Waals surface area contributed by atoms with Gasteiger partial charge in [-0.1, -0.05) is 13.8 Å². The predicted octanol–water partition coefficient (Wildman–Crippen LogP) is 1.73. The molecule has 9 nitrogen and oxygen atoms in total. The molecule has 0 radical (unpaired) electrons. The Morgan fingerprint density at radius 1 is 1.40 bits per heavy atom. The second kappa shape index (κ2) is 6.43. The van der Waals surface area contributed by atoms with Crippen LogP contribution in [0.5, 0.6) is 5.75 Å². The van der Waals surface area contributed by atoms with Gasteiger partial charge in [0.1, 0.15) is 23.1 Å². The first-order valence-electron chi connectivity index (χ1n) is 7.73. The normalized spacial score (nSPS) is 22.3.